The molecule has 0 aromatic carbocycles. The lowest BCUT2D eigenvalue weighted by molar-refractivity contribution is -0.116. The van der Waals surface area contributed by atoms with Gasteiger partial charge in [-0.1, -0.05) is 0 Å². The van der Waals surface area contributed by atoms with Gasteiger partial charge >= 0.3 is 5.97 Å². The van der Waals surface area contributed by atoms with Crippen molar-refractivity contribution in [3.63, 3.8) is 0 Å². The number of fused-ring (bicyclic) bond motifs is 2. The number of nitrogens with zero attached hydrogens (tertiary/aromatic N) is 2. The number of amides is 1. The van der Waals surface area contributed by atoms with E-state index in [0.29, 0.717) is 24.2 Å². The topological polar surface area (TPSA) is 72.9 Å². The van der Waals surface area contributed by atoms with Gasteiger partial charge in [0, 0.05) is 31.6 Å². The predicted molar refractivity (Wildman–Crippen MR) is 90.2 cm³/mol. The number of hydrogen-bond donors (Lipinski definition) is 2. The van der Waals surface area contributed by atoms with Crippen molar-refractivity contribution in [1.29, 1.82) is 0 Å². The first-order valence-corrected chi connectivity index (χ1v) is 8.97. The lowest BCUT2D eigenvalue weighted by atomic mass is 10.1. The molecule has 7 heteroatoms. The van der Waals surface area contributed by atoms with E-state index in [1.54, 1.807) is 11.4 Å². The zero-order valence-electron chi connectivity index (χ0n) is 13.3. The Morgan fingerprint density at radius 3 is 2.91 bits per heavy atom. The highest BCUT2D eigenvalue weighted by Crippen LogP contribution is 2.28. The Morgan fingerprint density at radius 1 is 1.35 bits per heavy atom. The van der Waals surface area contributed by atoms with Crippen LogP contribution in [0.4, 0.5) is 5.69 Å². The van der Waals surface area contributed by atoms with Crippen molar-refractivity contribution < 1.29 is 14.7 Å². The fourth-order valence-electron chi connectivity index (χ4n) is 3.63. The third-order valence-corrected chi connectivity index (χ3v) is 5.92. The average molecular weight is 337 g/mol. The molecule has 1 amide bonds. The second kappa shape index (κ2) is 6.98. The van der Waals surface area contributed by atoms with Gasteiger partial charge in [0.15, 0.2) is 0 Å². The molecule has 2 atom stereocenters. The Kier molecular flexibility index (Phi) is 4.99. The van der Waals surface area contributed by atoms with E-state index in [4.69, 9.17) is 5.11 Å². The highest BCUT2D eigenvalue weighted by atomic mass is 32.1. The number of carbonyl (C=O) groups excluding carboxylic acids is 1. The molecule has 2 aliphatic rings. The van der Waals surface area contributed by atoms with E-state index in [1.807, 2.05) is 0 Å². The number of nitrogens with one attached hydrogen (secondary N) is 1. The second-order valence-electron chi connectivity index (χ2n) is 6.41. The number of likely N-dealkylation sites (N-methyl/N-ethyl adjacent to an activating group) is 1. The summed E-state index contributed by atoms with van der Waals surface area (Å²) in [6.07, 6.45) is 4.12. The van der Waals surface area contributed by atoms with Crippen LogP contribution in [-0.4, -0.2) is 65.5 Å². The molecule has 3 rings (SSSR count). The molecule has 0 spiro atoms. The first kappa shape index (κ1) is 16.4. The van der Waals surface area contributed by atoms with Crippen LogP contribution in [0.1, 0.15) is 35.4 Å². The van der Waals surface area contributed by atoms with Gasteiger partial charge in [-0.25, -0.2) is 4.79 Å². The summed E-state index contributed by atoms with van der Waals surface area (Å²) in [7, 11) is 2.21. The summed E-state index contributed by atoms with van der Waals surface area (Å²) in [6, 6.07) is 2.95. The van der Waals surface area contributed by atoms with E-state index in [-0.39, 0.29) is 10.8 Å². The minimum absolute atomic E-state index is 0.117. The van der Waals surface area contributed by atoms with Gasteiger partial charge in [0.2, 0.25) is 5.91 Å². The molecule has 3 heterocycles. The number of carbonyl (C=O) groups is 2. The predicted octanol–water partition coefficient (Wildman–Crippen LogP) is 1.94. The monoisotopic (exact) mass is 337 g/mol. The zero-order chi connectivity index (χ0) is 16.4. The number of aromatic carboxylic acids is 1. The summed E-state index contributed by atoms with van der Waals surface area (Å²) >= 11 is 1.13. The maximum Gasteiger partial charge on any atom is 0.348 e. The number of rotatable bonds is 5. The Labute approximate surface area is 140 Å². The van der Waals surface area contributed by atoms with E-state index < -0.39 is 5.97 Å². The van der Waals surface area contributed by atoms with E-state index in [0.717, 1.165) is 31.0 Å². The molecule has 2 N–H and O–H groups in total. The van der Waals surface area contributed by atoms with Crippen molar-refractivity contribution in [2.45, 2.75) is 37.8 Å². The summed E-state index contributed by atoms with van der Waals surface area (Å²) in [5.74, 6) is -1.12. The van der Waals surface area contributed by atoms with Gasteiger partial charge < -0.3 is 15.3 Å². The van der Waals surface area contributed by atoms with Crippen LogP contribution in [0, 0.1) is 0 Å². The number of hydrogen-bond acceptors (Lipinski definition) is 5. The number of thiophene rings is 1. The summed E-state index contributed by atoms with van der Waals surface area (Å²) in [5, 5.41) is 13.5. The van der Waals surface area contributed by atoms with Crippen molar-refractivity contribution >= 4 is 28.9 Å². The molecule has 1 aromatic heterocycles. The number of carboxylic acids is 1. The molecule has 0 unspecified atom stereocenters. The molecule has 0 radical (unpaired) electrons. The maximum absolute atomic E-state index is 12.1. The Bertz CT molecular complexity index is 589. The fourth-order valence-corrected chi connectivity index (χ4v) is 4.31. The molecule has 2 fully saturated rings. The largest absolute Gasteiger partial charge is 0.477 e. The molecule has 6 nitrogen and oxygen atoms in total. The van der Waals surface area contributed by atoms with Gasteiger partial charge in [0.25, 0.3) is 0 Å². The SMILES string of the molecule is CN1[C@H]2CC[C@@H]1CN(CCC(=O)Nc1ccsc1C(=O)O)CC2. The minimum Gasteiger partial charge on any atom is -0.477 e. The van der Waals surface area contributed by atoms with E-state index >= 15 is 0 Å². The molecule has 126 valence electrons. The van der Waals surface area contributed by atoms with Crippen LogP contribution in [0.2, 0.25) is 0 Å². The number of likely N-dealkylation sites (tertiary alicyclic amines) is 1. The van der Waals surface area contributed by atoms with Crippen LogP contribution in [0.3, 0.4) is 0 Å². The summed E-state index contributed by atoms with van der Waals surface area (Å²) < 4.78 is 0. The second-order valence-corrected chi connectivity index (χ2v) is 7.32. The molecule has 1 aromatic rings. The summed E-state index contributed by atoms with van der Waals surface area (Å²) in [6.45, 7) is 2.80. The van der Waals surface area contributed by atoms with Gasteiger partial charge in [-0.15, -0.1) is 11.3 Å². The van der Waals surface area contributed by atoms with Crippen LogP contribution >= 0.6 is 11.3 Å². The fraction of sp³-hybridized carbons (Fsp3) is 0.625. The van der Waals surface area contributed by atoms with E-state index in [1.165, 1.54) is 19.3 Å². The van der Waals surface area contributed by atoms with Gasteiger partial charge in [-0.2, -0.15) is 0 Å². The highest BCUT2D eigenvalue weighted by molar-refractivity contribution is 7.12. The standard InChI is InChI=1S/C16H23N3O3S/c1-18-11-2-3-12(18)10-19(7-4-11)8-5-14(20)17-13-6-9-23-15(13)16(21)22/h6,9,11-12H,2-5,7-8,10H2,1H3,(H,17,20)(H,21,22)/t11-,12+/m0/s1. The number of anilines is 1. The smallest absolute Gasteiger partial charge is 0.348 e. The average Bonchev–Trinajstić information content (AvgIpc) is 3.03. The van der Waals surface area contributed by atoms with Crippen molar-refractivity contribution in [3.05, 3.63) is 16.3 Å². The summed E-state index contributed by atoms with van der Waals surface area (Å²) in [4.78, 5) is 28.2. The van der Waals surface area contributed by atoms with Crippen molar-refractivity contribution in [2.75, 3.05) is 32.0 Å². The molecule has 23 heavy (non-hydrogen) atoms. The molecule has 2 aliphatic heterocycles. The lowest BCUT2D eigenvalue weighted by Gasteiger charge is -2.25. The Hall–Kier alpha value is -1.44. The van der Waals surface area contributed by atoms with Crippen LogP contribution in [0.15, 0.2) is 11.4 Å². The molecular formula is C16H23N3O3S. The Morgan fingerprint density at radius 2 is 2.13 bits per heavy atom. The van der Waals surface area contributed by atoms with Crippen LogP contribution in [0.5, 0.6) is 0 Å². The van der Waals surface area contributed by atoms with Gasteiger partial charge in [0.05, 0.1) is 5.69 Å². The third kappa shape index (κ3) is 3.73. The molecule has 2 saturated heterocycles. The van der Waals surface area contributed by atoms with Crippen molar-refractivity contribution in [2.24, 2.45) is 0 Å². The molecule has 0 saturated carbocycles. The van der Waals surface area contributed by atoms with Gasteiger partial charge in [0.1, 0.15) is 4.88 Å². The Balaban J connectivity index is 1.49. The van der Waals surface area contributed by atoms with Crippen molar-refractivity contribution in [3.8, 4) is 0 Å². The zero-order valence-corrected chi connectivity index (χ0v) is 14.1. The maximum atomic E-state index is 12.1. The quantitative estimate of drug-likeness (QED) is 0.859. The van der Waals surface area contributed by atoms with Crippen LogP contribution < -0.4 is 5.32 Å². The first-order valence-electron chi connectivity index (χ1n) is 8.09. The first-order chi connectivity index (χ1) is 11.0. The van der Waals surface area contributed by atoms with Gasteiger partial charge in [-0.05, 0) is 44.3 Å². The normalized spacial score (nSPS) is 25.3. The molecule has 2 bridgehead atoms. The summed E-state index contributed by atoms with van der Waals surface area (Å²) in [5.41, 5.74) is 0.405. The van der Waals surface area contributed by atoms with Crippen LogP contribution in [0.25, 0.3) is 0 Å². The third-order valence-electron chi connectivity index (χ3n) is 5.02. The van der Waals surface area contributed by atoms with E-state index in [9.17, 15) is 9.59 Å². The van der Waals surface area contributed by atoms with Gasteiger partial charge in [-0.3, -0.25) is 9.69 Å². The van der Waals surface area contributed by atoms with Crippen molar-refractivity contribution in [1.82, 2.24) is 9.80 Å². The lowest BCUT2D eigenvalue weighted by Crippen LogP contribution is -2.37. The van der Waals surface area contributed by atoms with Crippen LogP contribution in [-0.2, 0) is 4.79 Å². The minimum atomic E-state index is -0.998. The molecular weight excluding hydrogens is 314 g/mol. The molecule has 0 aliphatic carbocycles. The number of carboxylic acid groups (broad SMARTS) is 1. The van der Waals surface area contributed by atoms with E-state index in [2.05, 4.69) is 22.2 Å². The highest BCUT2D eigenvalue weighted by Gasteiger charge is 2.34.